The quantitative estimate of drug-likeness (QED) is 0.710. The molecule has 3 rings (SSSR count). The highest BCUT2D eigenvalue weighted by Crippen LogP contribution is 2.57. The maximum absolute atomic E-state index is 12.5. The lowest BCUT2D eigenvalue weighted by molar-refractivity contribution is -0.130. The van der Waals surface area contributed by atoms with E-state index >= 15 is 0 Å². The molecule has 0 spiro atoms. The summed E-state index contributed by atoms with van der Waals surface area (Å²) in [6, 6.07) is 8.05. The number of benzene rings is 1. The third kappa shape index (κ3) is 3.43. The van der Waals surface area contributed by atoms with Crippen LogP contribution < -0.4 is 0 Å². The van der Waals surface area contributed by atoms with Gasteiger partial charge in [0.25, 0.3) is 0 Å². The molecule has 0 amide bonds. The average Bonchev–Trinajstić information content (AvgIpc) is 2.91. The number of fused-ring (bicyclic) bond motifs is 1. The number of hydrogen-bond donors (Lipinski definition) is 0. The van der Waals surface area contributed by atoms with Crippen molar-refractivity contribution in [3.63, 3.8) is 0 Å². The molecule has 0 radical (unpaired) electrons. The molecule has 5 atom stereocenters. The van der Waals surface area contributed by atoms with Crippen molar-refractivity contribution in [1.29, 1.82) is 0 Å². The fraction of sp³-hybridized carbons (Fsp3) is 0.667. The van der Waals surface area contributed by atoms with Gasteiger partial charge in [-0.1, -0.05) is 31.5 Å². The van der Waals surface area contributed by atoms with Gasteiger partial charge >= 0.3 is 0 Å². The maximum atomic E-state index is 12.5. The highest BCUT2D eigenvalue weighted by Gasteiger charge is 2.52. The number of carbonyl (C=O) groups excluding carboxylic acids is 1. The average molecular weight is 347 g/mol. The maximum Gasteiger partial charge on any atom is 0.152 e. The lowest BCUT2D eigenvalue weighted by atomic mass is 9.62. The predicted molar refractivity (Wildman–Crippen MR) is 99.4 cm³/mol. The smallest absolute Gasteiger partial charge is 0.152 e. The zero-order valence-electron chi connectivity index (χ0n) is 15.2. The largest absolute Gasteiger partial charge is 0.611 e. The van der Waals surface area contributed by atoms with Gasteiger partial charge in [0.1, 0.15) is 11.5 Å². The van der Waals surface area contributed by atoms with Crippen LogP contribution in [0.5, 0.6) is 0 Å². The molecular weight excluding hydrogens is 316 g/mol. The molecule has 3 heteroatoms. The highest BCUT2D eigenvalue weighted by atomic mass is 32.2. The summed E-state index contributed by atoms with van der Waals surface area (Å²) in [6.07, 6.45) is 6.28. The molecule has 2 nitrogen and oxygen atoms in total. The van der Waals surface area contributed by atoms with Crippen molar-refractivity contribution >= 4 is 17.0 Å². The first kappa shape index (κ1) is 18.0. The highest BCUT2D eigenvalue weighted by molar-refractivity contribution is 7.91. The Hall–Kier alpha value is -0.800. The van der Waals surface area contributed by atoms with E-state index in [1.165, 1.54) is 18.4 Å². The summed E-state index contributed by atoms with van der Waals surface area (Å²) in [4.78, 5) is 13.2. The number of aryl methyl sites for hydroxylation is 1. The molecule has 2 aliphatic rings. The number of ketones is 1. The standard InChI is InChI=1S/C21H30O2S/c1-15-6-8-17(9-7-15)24(23)14-12-16(2)18-10-11-19-20(22)5-4-13-21(18,19)3/h6-9,16,18-19H,4-5,10-14H2,1-3H3/t16-,18-,19?,21-,24?/m1/s1. The van der Waals surface area contributed by atoms with Gasteiger partial charge in [0.15, 0.2) is 4.90 Å². The van der Waals surface area contributed by atoms with Gasteiger partial charge in [-0.05, 0) is 79.6 Å². The van der Waals surface area contributed by atoms with Gasteiger partial charge in [-0.2, -0.15) is 0 Å². The molecule has 2 aliphatic carbocycles. The summed E-state index contributed by atoms with van der Waals surface area (Å²) < 4.78 is 12.5. The van der Waals surface area contributed by atoms with Gasteiger partial charge < -0.3 is 4.55 Å². The summed E-state index contributed by atoms with van der Waals surface area (Å²) in [5, 5.41) is 0. The number of hydrogen-bond acceptors (Lipinski definition) is 2. The number of carbonyl (C=O) groups is 1. The zero-order chi connectivity index (χ0) is 17.3. The third-order valence-corrected chi connectivity index (χ3v) is 8.07. The second kappa shape index (κ2) is 7.21. The van der Waals surface area contributed by atoms with Gasteiger partial charge in [-0.15, -0.1) is 0 Å². The molecule has 0 saturated heterocycles. The van der Waals surface area contributed by atoms with E-state index in [0.29, 0.717) is 23.5 Å². The Kier molecular flexibility index (Phi) is 5.41. The van der Waals surface area contributed by atoms with Crippen molar-refractivity contribution in [2.24, 2.45) is 23.2 Å². The number of rotatable bonds is 5. The summed E-state index contributed by atoms with van der Waals surface area (Å²) >= 11 is -0.910. The van der Waals surface area contributed by atoms with Crippen LogP contribution in [-0.4, -0.2) is 16.1 Å². The molecule has 0 heterocycles. The van der Waals surface area contributed by atoms with E-state index in [0.717, 1.165) is 36.3 Å². The van der Waals surface area contributed by atoms with Gasteiger partial charge in [-0.3, -0.25) is 4.79 Å². The molecule has 0 aliphatic heterocycles. The van der Waals surface area contributed by atoms with E-state index in [-0.39, 0.29) is 5.41 Å². The lowest BCUT2D eigenvalue weighted by Crippen LogP contribution is -2.39. The van der Waals surface area contributed by atoms with Gasteiger partial charge in [0, 0.05) is 12.3 Å². The summed E-state index contributed by atoms with van der Waals surface area (Å²) in [5.74, 6) is 2.68. The van der Waals surface area contributed by atoms with Crippen molar-refractivity contribution in [2.45, 2.75) is 64.2 Å². The van der Waals surface area contributed by atoms with Crippen LogP contribution in [0.3, 0.4) is 0 Å². The van der Waals surface area contributed by atoms with Crippen LogP contribution in [0.4, 0.5) is 0 Å². The minimum absolute atomic E-state index is 0.195. The van der Waals surface area contributed by atoms with Crippen LogP contribution in [-0.2, 0) is 16.0 Å². The van der Waals surface area contributed by atoms with Crippen LogP contribution in [0.15, 0.2) is 29.2 Å². The van der Waals surface area contributed by atoms with Crippen molar-refractivity contribution in [3.8, 4) is 0 Å². The first-order chi connectivity index (χ1) is 11.4. The van der Waals surface area contributed by atoms with E-state index in [1.54, 1.807) is 0 Å². The second-order valence-corrected chi connectivity index (χ2v) is 9.76. The lowest BCUT2D eigenvalue weighted by Gasteiger charge is -2.42. The topological polar surface area (TPSA) is 40.1 Å². The first-order valence-electron chi connectivity index (χ1n) is 9.39. The van der Waals surface area contributed by atoms with Crippen molar-refractivity contribution < 1.29 is 9.35 Å². The van der Waals surface area contributed by atoms with E-state index in [2.05, 4.69) is 20.8 Å². The molecule has 0 N–H and O–H groups in total. The van der Waals surface area contributed by atoms with E-state index in [1.807, 2.05) is 24.3 Å². The molecule has 1 aromatic rings. The minimum Gasteiger partial charge on any atom is -0.611 e. The van der Waals surface area contributed by atoms with E-state index in [9.17, 15) is 9.35 Å². The van der Waals surface area contributed by atoms with Gasteiger partial charge in [0.05, 0.1) is 0 Å². The Bertz CT molecular complexity index is 582. The molecule has 0 bridgehead atoms. The third-order valence-electron chi connectivity index (χ3n) is 6.67. The Morgan fingerprint density at radius 3 is 2.71 bits per heavy atom. The van der Waals surface area contributed by atoms with E-state index in [4.69, 9.17) is 0 Å². The summed E-state index contributed by atoms with van der Waals surface area (Å²) in [5.41, 5.74) is 1.40. The summed E-state index contributed by atoms with van der Waals surface area (Å²) in [7, 11) is 0. The van der Waals surface area contributed by atoms with Gasteiger partial charge in [-0.25, -0.2) is 0 Å². The Balaban J connectivity index is 1.60. The molecule has 2 fully saturated rings. The second-order valence-electron chi connectivity index (χ2n) is 8.19. The minimum atomic E-state index is -0.910. The van der Waals surface area contributed by atoms with Crippen LogP contribution in [0, 0.1) is 30.1 Å². The Morgan fingerprint density at radius 1 is 1.29 bits per heavy atom. The predicted octanol–water partition coefficient (Wildman–Crippen LogP) is 4.91. The van der Waals surface area contributed by atoms with Crippen LogP contribution >= 0.6 is 0 Å². The summed E-state index contributed by atoms with van der Waals surface area (Å²) in [6.45, 7) is 6.71. The first-order valence-corrected chi connectivity index (χ1v) is 10.7. The van der Waals surface area contributed by atoms with Crippen LogP contribution in [0.25, 0.3) is 0 Å². The molecule has 1 aromatic carbocycles. The molecular formula is C21H30O2S. The van der Waals surface area contributed by atoms with Crippen LogP contribution in [0.1, 0.15) is 57.9 Å². The zero-order valence-corrected chi connectivity index (χ0v) is 16.0. The van der Waals surface area contributed by atoms with Crippen molar-refractivity contribution in [2.75, 3.05) is 5.75 Å². The molecule has 2 unspecified atom stereocenters. The molecule has 0 aromatic heterocycles. The fourth-order valence-corrected chi connectivity index (χ4v) is 6.47. The molecule has 24 heavy (non-hydrogen) atoms. The van der Waals surface area contributed by atoms with Crippen molar-refractivity contribution in [3.05, 3.63) is 29.8 Å². The van der Waals surface area contributed by atoms with E-state index < -0.39 is 11.2 Å². The normalized spacial score (nSPS) is 32.4. The monoisotopic (exact) mass is 346 g/mol. The molecule has 2 saturated carbocycles. The Labute approximate surface area is 149 Å². The molecule has 132 valence electrons. The van der Waals surface area contributed by atoms with Crippen LogP contribution in [0.2, 0.25) is 0 Å². The van der Waals surface area contributed by atoms with Gasteiger partial charge in [0.2, 0.25) is 0 Å². The Morgan fingerprint density at radius 2 is 2.00 bits per heavy atom. The number of Topliss-reactive ketones (excluding diaryl/α,β-unsaturated/α-hetero) is 1. The fourth-order valence-electron chi connectivity index (χ4n) is 5.21. The van der Waals surface area contributed by atoms with Crippen molar-refractivity contribution in [1.82, 2.24) is 0 Å². The SMILES string of the molecule is Cc1ccc([S+]([O-])CC[C@@H](C)[C@H]2CCC3C(=O)CCC[C@@]32C)cc1.